The van der Waals surface area contributed by atoms with Crippen molar-refractivity contribution in [3.8, 4) is 11.5 Å². The van der Waals surface area contributed by atoms with Gasteiger partial charge >= 0.3 is 0 Å². The third kappa shape index (κ3) is 3.13. The number of aryl methyl sites for hydroxylation is 1. The van der Waals surface area contributed by atoms with Gasteiger partial charge in [0.1, 0.15) is 0 Å². The number of aromatic nitrogens is 1. The predicted octanol–water partition coefficient (Wildman–Crippen LogP) is 9.27. The Bertz CT molecular complexity index is 1580. The number of benzene rings is 2. The van der Waals surface area contributed by atoms with Crippen molar-refractivity contribution in [1.82, 2.24) is 4.57 Å². The van der Waals surface area contributed by atoms with E-state index in [1.807, 2.05) is 13.0 Å². The lowest BCUT2D eigenvalue weighted by Crippen LogP contribution is -2.61. The van der Waals surface area contributed by atoms with Crippen LogP contribution in [-0.4, -0.2) is 14.8 Å². The molecule has 3 aromatic rings. The molecule has 212 valence electrons. The molecule has 0 bridgehead atoms. The normalized spacial score (nSPS) is 38.7. The van der Waals surface area contributed by atoms with E-state index in [9.17, 15) is 10.2 Å². The van der Waals surface area contributed by atoms with Gasteiger partial charge in [0.05, 0.1) is 0 Å². The Labute approximate surface area is 240 Å². The van der Waals surface area contributed by atoms with E-state index >= 15 is 0 Å². The van der Waals surface area contributed by atoms with Crippen molar-refractivity contribution in [2.24, 2.45) is 35.1 Å². The van der Waals surface area contributed by atoms with Crippen molar-refractivity contribution in [2.45, 2.75) is 97.8 Å². The summed E-state index contributed by atoms with van der Waals surface area (Å²) in [5.41, 5.74) is 7.97. The van der Waals surface area contributed by atoms with Crippen LogP contribution >= 0.6 is 0 Å². The molecular formula is C37H47NO2. The average Bonchev–Trinajstić information content (AvgIpc) is 3.26. The Morgan fingerprint density at radius 2 is 1.70 bits per heavy atom. The zero-order chi connectivity index (χ0) is 28.4. The fourth-order valence-electron chi connectivity index (χ4n) is 10.7. The number of allylic oxidation sites excluding steroid dienone is 2. The second-order valence-corrected chi connectivity index (χ2v) is 15.3. The van der Waals surface area contributed by atoms with E-state index in [1.165, 1.54) is 66.1 Å². The molecule has 1 heterocycles. The monoisotopic (exact) mass is 537 g/mol. The molecule has 0 unspecified atom stereocenters. The topological polar surface area (TPSA) is 45.4 Å². The first-order valence-corrected chi connectivity index (χ1v) is 15.7. The van der Waals surface area contributed by atoms with Crippen LogP contribution in [-0.2, 0) is 12.5 Å². The van der Waals surface area contributed by atoms with Crippen LogP contribution in [0.15, 0.2) is 48.2 Å². The van der Waals surface area contributed by atoms with Crippen molar-refractivity contribution < 1.29 is 10.2 Å². The molecule has 7 rings (SSSR count). The standard InChI is InChI=1S/C37H47NO2/c1-22-12-13-34(3)14-16-37(6)31-19-25(26-21-38(7)28-11-9-8-10-24(26)28)32-23(2)33(40)29(39)20-27(32)35(31,4)15-17-36(37,5)30(34)18-22/h8-11,19-22,25,30,39-40H,12-18H2,1-7H3/t22-,25-,30+,34+,35-,36-,37+/m0/s1. The van der Waals surface area contributed by atoms with Gasteiger partial charge in [-0.1, -0.05) is 70.9 Å². The molecule has 3 heteroatoms. The molecule has 3 fully saturated rings. The van der Waals surface area contributed by atoms with E-state index in [4.69, 9.17) is 0 Å². The van der Waals surface area contributed by atoms with Crippen molar-refractivity contribution in [2.75, 3.05) is 0 Å². The molecule has 1 aromatic heterocycles. The number of rotatable bonds is 1. The summed E-state index contributed by atoms with van der Waals surface area (Å²) in [5, 5.41) is 23.3. The highest BCUT2D eigenvalue weighted by Gasteiger charge is 2.65. The number of para-hydroxylation sites is 1. The van der Waals surface area contributed by atoms with Crippen LogP contribution in [0.4, 0.5) is 0 Å². The van der Waals surface area contributed by atoms with Gasteiger partial charge in [-0.3, -0.25) is 0 Å². The van der Waals surface area contributed by atoms with Gasteiger partial charge in [-0.15, -0.1) is 0 Å². The highest BCUT2D eigenvalue weighted by molar-refractivity contribution is 5.86. The molecule has 0 spiro atoms. The Hall–Kier alpha value is -2.68. The summed E-state index contributed by atoms with van der Waals surface area (Å²) in [4.78, 5) is 0. The molecule has 4 aliphatic carbocycles. The van der Waals surface area contributed by atoms with Gasteiger partial charge in [0, 0.05) is 35.5 Å². The lowest BCUT2D eigenvalue weighted by molar-refractivity contribution is -0.145. The summed E-state index contributed by atoms with van der Waals surface area (Å²) in [6.07, 6.45) is 13.9. The van der Waals surface area contributed by atoms with E-state index in [-0.39, 0.29) is 33.7 Å². The van der Waals surface area contributed by atoms with E-state index in [0.29, 0.717) is 5.41 Å². The lowest BCUT2D eigenvalue weighted by atomic mass is 9.35. The minimum Gasteiger partial charge on any atom is -0.504 e. The predicted molar refractivity (Wildman–Crippen MR) is 164 cm³/mol. The molecule has 0 radical (unpaired) electrons. The molecule has 40 heavy (non-hydrogen) atoms. The first-order chi connectivity index (χ1) is 18.8. The van der Waals surface area contributed by atoms with Gasteiger partial charge in [-0.2, -0.15) is 0 Å². The molecule has 2 N–H and O–H groups in total. The van der Waals surface area contributed by atoms with Gasteiger partial charge < -0.3 is 14.8 Å². The Morgan fingerprint density at radius 1 is 0.950 bits per heavy atom. The van der Waals surface area contributed by atoms with Crippen molar-refractivity contribution in [1.29, 1.82) is 0 Å². The lowest BCUT2D eigenvalue weighted by Gasteiger charge is -2.69. The maximum Gasteiger partial charge on any atom is 0.160 e. The minimum absolute atomic E-state index is 0.0196. The van der Waals surface area contributed by atoms with E-state index in [0.717, 1.165) is 23.8 Å². The summed E-state index contributed by atoms with van der Waals surface area (Å²) in [6, 6.07) is 10.6. The molecular weight excluding hydrogens is 490 g/mol. The zero-order valence-corrected chi connectivity index (χ0v) is 25.6. The van der Waals surface area contributed by atoms with Crippen LogP contribution in [0.5, 0.6) is 11.5 Å². The Morgan fingerprint density at radius 3 is 2.48 bits per heavy atom. The Balaban J connectivity index is 1.50. The number of aromatic hydroxyl groups is 2. The van der Waals surface area contributed by atoms with Crippen LogP contribution < -0.4 is 0 Å². The number of fused-ring (bicyclic) bond motifs is 8. The molecule has 0 amide bonds. The van der Waals surface area contributed by atoms with Crippen LogP contribution in [0, 0.1) is 35.0 Å². The number of phenols is 2. The van der Waals surface area contributed by atoms with E-state index in [2.05, 4.69) is 82.8 Å². The quantitative estimate of drug-likeness (QED) is 0.240. The summed E-state index contributed by atoms with van der Waals surface area (Å²) in [6.45, 7) is 14.8. The van der Waals surface area contributed by atoms with Gasteiger partial charge in [0.25, 0.3) is 0 Å². The fourth-order valence-corrected chi connectivity index (χ4v) is 10.7. The summed E-state index contributed by atoms with van der Waals surface area (Å²) in [5.74, 6) is 1.62. The fraction of sp³-hybridized carbons (Fsp3) is 0.568. The molecule has 0 aliphatic heterocycles. The summed E-state index contributed by atoms with van der Waals surface area (Å²) >= 11 is 0. The van der Waals surface area contributed by atoms with Crippen LogP contribution in [0.3, 0.4) is 0 Å². The van der Waals surface area contributed by atoms with Gasteiger partial charge in [-0.25, -0.2) is 0 Å². The molecule has 3 saturated carbocycles. The van der Waals surface area contributed by atoms with E-state index < -0.39 is 0 Å². The largest absolute Gasteiger partial charge is 0.504 e. The highest BCUT2D eigenvalue weighted by atomic mass is 16.3. The first kappa shape index (κ1) is 26.2. The molecule has 7 atom stereocenters. The van der Waals surface area contributed by atoms with Crippen LogP contribution in [0.25, 0.3) is 10.9 Å². The second-order valence-electron chi connectivity index (χ2n) is 15.3. The van der Waals surface area contributed by atoms with Gasteiger partial charge in [-0.05, 0) is 108 Å². The number of hydrogen-bond acceptors (Lipinski definition) is 2. The third-order valence-electron chi connectivity index (χ3n) is 13.3. The minimum atomic E-state index is -0.158. The summed E-state index contributed by atoms with van der Waals surface area (Å²) in [7, 11) is 2.14. The smallest absolute Gasteiger partial charge is 0.160 e. The second kappa shape index (κ2) is 8.20. The maximum atomic E-state index is 11.0. The summed E-state index contributed by atoms with van der Waals surface area (Å²) < 4.78 is 2.24. The van der Waals surface area contributed by atoms with Gasteiger partial charge in [0.2, 0.25) is 0 Å². The number of phenolic OH excluding ortho intramolecular Hbond substituents is 2. The third-order valence-corrected chi connectivity index (χ3v) is 13.3. The average molecular weight is 538 g/mol. The van der Waals surface area contributed by atoms with Crippen LogP contribution in [0.1, 0.15) is 108 Å². The molecule has 0 saturated heterocycles. The maximum absolute atomic E-state index is 11.0. The van der Waals surface area contributed by atoms with Crippen molar-refractivity contribution >= 4 is 10.9 Å². The SMILES string of the molecule is Cc1c(O)c(O)cc2c1[C@H](c1cn(C)c3ccccc13)C=C1[C@@]2(C)CC[C@@]2(C)[C@@H]3C[C@@H](C)CC[C@]3(C)CC[C@]12C. The number of nitrogens with zero attached hydrogens (tertiary/aromatic N) is 1. The van der Waals surface area contributed by atoms with Crippen LogP contribution in [0.2, 0.25) is 0 Å². The van der Waals surface area contributed by atoms with Crippen molar-refractivity contribution in [3.63, 3.8) is 0 Å². The molecule has 2 aromatic carbocycles. The Kier molecular flexibility index (Phi) is 5.38. The molecule has 4 aliphatic rings. The first-order valence-electron chi connectivity index (χ1n) is 15.7. The highest BCUT2D eigenvalue weighted by Crippen LogP contribution is 2.74. The zero-order valence-electron chi connectivity index (χ0n) is 25.6. The van der Waals surface area contributed by atoms with Gasteiger partial charge in [0.15, 0.2) is 11.5 Å². The molecule has 3 nitrogen and oxygen atoms in total. The van der Waals surface area contributed by atoms with Crippen molar-refractivity contribution in [3.05, 3.63) is 70.4 Å². The van der Waals surface area contributed by atoms with E-state index in [1.54, 1.807) is 5.57 Å². The number of hydrogen-bond donors (Lipinski definition) is 2.